The van der Waals surface area contributed by atoms with Gasteiger partial charge in [-0.1, -0.05) is 39.7 Å². The van der Waals surface area contributed by atoms with E-state index in [1.165, 1.54) is 0 Å². The Labute approximate surface area is 174 Å². The van der Waals surface area contributed by atoms with E-state index in [2.05, 4.69) is 32.2 Å². The van der Waals surface area contributed by atoms with Gasteiger partial charge in [-0.25, -0.2) is 0 Å². The molecule has 6 atom stereocenters. The van der Waals surface area contributed by atoms with E-state index in [0.717, 1.165) is 50.5 Å². The first-order valence-corrected chi connectivity index (χ1v) is 11.6. The zero-order valence-electron chi connectivity index (χ0n) is 18.1. The van der Waals surface area contributed by atoms with Crippen molar-refractivity contribution in [2.24, 2.45) is 28.6 Å². The van der Waals surface area contributed by atoms with Gasteiger partial charge < -0.3 is 5.32 Å². The summed E-state index contributed by atoms with van der Waals surface area (Å²) in [6, 6.07) is -0.0951. The summed E-state index contributed by atoms with van der Waals surface area (Å²) in [5.41, 5.74) is 0.691. The van der Waals surface area contributed by atoms with Crippen LogP contribution in [0.4, 0.5) is 0 Å². The standard InChI is InChI=1S/C25H35NO3/c1-4-5-6-7-23(29)26-21-15-17-18-8-9-22(28)25(18,3)13-11-19(17)24(2)12-10-16(27)14-20(21)24/h10,12,14,17-19,21H,4-9,11,13,15H2,1-3H3,(H,26,29)/t17-,18-,19-,21+,24+,25-/m0/s1. The molecule has 0 aliphatic heterocycles. The lowest BCUT2D eigenvalue weighted by atomic mass is 9.47. The van der Waals surface area contributed by atoms with Gasteiger partial charge in [-0.2, -0.15) is 0 Å². The zero-order valence-corrected chi connectivity index (χ0v) is 18.1. The van der Waals surface area contributed by atoms with Crippen LogP contribution in [0.5, 0.6) is 0 Å². The minimum absolute atomic E-state index is 0.0258. The number of hydrogen-bond acceptors (Lipinski definition) is 3. The van der Waals surface area contributed by atoms with Gasteiger partial charge in [0.1, 0.15) is 5.78 Å². The molecule has 3 fully saturated rings. The summed E-state index contributed by atoms with van der Waals surface area (Å²) >= 11 is 0. The molecule has 4 nitrogen and oxygen atoms in total. The smallest absolute Gasteiger partial charge is 0.220 e. The number of amides is 1. The van der Waals surface area contributed by atoms with Crippen molar-refractivity contribution < 1.29 is 14.4 Å². The number of rotatable bonds is 5. The quantitative estimate of drug-likeness (QED) is 0.693. The molecular weight excluding hydrogens is 362 g/mol. The molecule has 1 N–H and O–H groups in total. The van der Waals surface area contributed by atoms with E-state index < -0.39 is 0 Å². The Morgan fingerprint density at radius 1 is 1.17 bits per heavy atom. The van der Waals surface area contributed by atoms with Crippen molar-refractivity contribution in [2.75, 3.05) is 0 Å². The van der Waals surface area contributed by atoms with E-state index in [0.29, 0.717) is 36.4 Å². The van der Waals surface area contributed by atoms with Crippen LogP contribution in [0.1, 0.15) is 78.6 Å². The van der Waals surface area contributed by atoms with Gasteiger partial charge in [0.25, 0.3) is 0 Å². The van der Waals surface area contributed by atoms with Gasteiger partial charge in [0, 0.05) is 23.7 Å². The summed E-state index contributed by atoms with van der Waals surface area (Å²) in [5.74, 6) is 1.81. The zero-order chi connectivity index (χ0) is 20.8. The van der Waals surface area contributed by atoms with Crippen LogP contribution in [0, 0.1) is 28.6 Å². The van der Waals surface area contributed by atoms with Crippen molar-refractivity contribution >= 4 is 17.5 Å². The summed E-state index contributed by atoms with van der Waals surface area (Å²) in [5, 5.41) is 3.28. The Hall–Kier alpha value is -1.71. The number of carbonyl (C=O) groups is 3. The van der Waals surface area contributed by atoms with Gasteiger partial charge in [0.05, 0.1) is 6.04 Å². The van der Waals surface area contributed by atoms with Crippen molar-refractivity contribution in [1.82, 2.24) is 5.32 Å². The largest absolute Gasteiger partial charge is 0.350 e. The molecule has 4 aliphatic rings. The van der Waals surface area contributed by atoms with E-state index in [1.807, 2.05) is 0 Å². The number of allylic oxidation sites excluding steroid dienone is 3. The highest BCUT2D eigenvalue weighted by atomic mass is 16.2. The number of fused-ring (bicyclic) bond motifs is 5. The molecule has 0 unspecified atom stereocenters. The topological polar surface area (TPSA) is 63.2 Å². The van der Waals surface area contributed by atoms with Crippen LogP contribution in [0.25, 0.3) is 0 Å². The summed E-state index contributed by atoms with van der Waals surface area (Å²) < 4.78 is 0. The average molecular weight is 398 g/mol. The third-order valence-electron chi connectivity index (χ3n) is 8.66. The average Bonchev–Trinajstić information content (AvgIpc) is 2.98. The summed E-state index contributed by atoms with van der Waals surface area (Å²) in [6.45, 7) is 6.56. The maximum absolute atomic E-state index is 12.7. The molecule has 0 aromatic heterocycles. The first-order chi connectivity index (χ1) is 13.8. The molecule has 3 saturated carbocycles. The number of carbonyl (C=O) groups excluding carboxylic acids is 3. The maximum atomic E-state index is 12.7. The molecule has 0 aromatic carbocycles. The summed E-state index contributed by atoms with van der Waals surface area (Å²) in [4.78, 5) is 37.5. The molecule has 1 amide bonds. The Bertz CT molecular complexity index is 781. The molecule has 4 heteroatoms. The SMILES string of the molecule is CCCCCC(=O)N[C@@H]1C[C@@H]2[C@H](CC[C@]3(C)C(=O)CC[C@@H]23)[C@@]2(C)C=CC(=O)C=C12. The van der Waals surface area contributed by atoms with Crippen molar-refractivity contribution in [3.8, 4) is 0 Å². The number of hydrogen-bond donors (Lipinski definition) is 1. The van der Waals surface area contributed by atoms with E-state index >= 15 is 0 Å². The molecule has 0 bridgehead atoms. The van der Waals surface area contributed by atoms with Crippen LogP contribution in [-0.4, -0.2) is 23.5 Å². The molecule has 158 valence electrons. The van der Waals surface area contributed by atoms with Crippen molar-refractivity contribution in [3.05, 3.63) is 23.8 Å². The second kappa shape index (κ2) is 7.52. The van der Waals surface area contributed by atoms with Crippen molar-refractivity contribution in [3.63, 3.8) is 0 Å². The molecular formula is C25H35NO3. The van der Waals surface area contributed by atoms with Gasteiger partial charge in [0.15, 0.2) is 5.78 Å². The number of nitrogens with one attached hydrogen (secondary N) is 1. The monoisotopic (exact) mass is 397 g/mol. The minimum atomic E-state index is -0.203. The highest BCUT2D eigenvalue weighted by Crippen LogP contribution is 2.63. The van der Waals surface area contributed by atoms with Gasteiger partial charge >= 0.3 is 0 Å². The normalized spacial score (nSPS) is 40.7. The molecule has 4 rings (SSSR count). The molecule has 0 aromatic rings. The fourth-order valence-corrected chi connectivity index (χ4v) is 6.99. The Morgan fingerprint density at radius 3 is 2.72 bits per heavy atom. The van der Waals surface area contributed by atoms with Crippen LogP contribution in [-0.2, 0) is 14.4 Å². The van der Waals surface area contributed by atoms with Gasteiger partial charge in [-0.15, -0.1) is 0 Å². The van der Waals surface area contributed by atoms with Gasteiger partial charge in [0.2, 0.25) is 5.91 Å². The minimum Gasteiger partial charge on any atom is -0.350 e. The van der Waals surface area contributed by atoms with E-state index in [9.17, 15) is 14.4 Å². The number of Topliss-reactive ketones (excluding diaryl/α,β-unsaturated/α-hetero) is 1. The lowest BCUT2D eigenvalue weighted by Crippen LogP contribution is -2.56. The molecule has 4 aliphatic carbocycles. The first-order valence-electron chi connectivity index (χ1n) is 11.6. The second-order valence-electron chi connectivity index (χ2n) is 10.2. The lowest BCUT2D eigenvalue weighted by molar-refractivity contribution is -0.132. The summed E-state index contributed by atoms with van der Waals surface area (Å²) in [6.07, 6.45) is 13.7. The lowest BCUT2D eigenvalue weighted by Gasteiger charge is -2.57. The van der Waals surface area contributed by atoms with Crippen LogP contribution in [0.3, 0.4) is 0 Å². The van der Waals surface area contributed by atoms with E-state index in [4.69, 9.17) is 0 Å². The molecule has 0 heterocycles. The highest BCUT2D eigenvalue weighted by molar-refractivity contribution is 6.01. The third kappa shape index (κ3) is 3.33. The van der Waals surface area contributed by atoms with Gasteiger partial charge in [-0.05, 0) is 67.6 Å². The fourth-order valence-electron chi connectivity index (χ4n) is 6.99. The highest BCUT2D eigenvalue weighted by Gasteiger charge is 2.60. The molecule has 0 radical (unpaired) electrons. The number of unbranched alkanes of at least 4 members (excludes halogenated alkanes) is 2. The predicted molar refractivity (Wildman–Crippen MR) is 113 cm³/mol. The molecule has 29 heavy (non-hydrogen) atoms. The fraction of sp³-hybridized carbons (Fsp3) is 0.720. The third-order valence-corrected chi connectivity index (χ3v) is 8.66. The van der Waals surface area contributed by atoms with Crippen LogP contribution < -0.4 is 5.32 Å². The predicted octanol–water partition coefficient (Wildman–Crippen LogP) is 4.54. The summed E-state index contributed by atoms with van der Waals surface area (Å²) in [7, 11) is 0. The van der Waals surface area contributed by atoms with E-state index in [-0.39, 0.29) is 28.6 Å². The molecule has 0 spiro atoms. The van der Waals surface area contributed by atoms with Crippen LogP contribution >= 0.6 is 0 Å². The van der Waals surface area contributed by atoms with Crippen molar-refractivity contribution in [2.45, 2.75) is 84.6 Å². The Balaban J connectivity index is 1.63. The Kier molecular flexibility index (Phi) is 5.33. The maximum Gasteiger partial charge on any atom is 0.220 e. The first kappa shape index (κ1) is 20.6. The number of ketones is 2. The molecule has 0 saturated heterocycles. The van der Waals surface area contributed by atoms with E-state index in [1.54, 1.807) is 12.2 Å². The van der Waals surface area contributed by atoms with Crippen molar-refractivity contribution in [1.29, 1.82) is 0 Å². The van der Waals surface area contributed by atoms with Crippen LogP contribution in [0.15, 0.2) is 23.8 Å². The van der Waals surface area contributed by atoms with Gasteiger partial charge in [-0.3, -0.25) is 14.4 Å². The Morgan fingerprint density at radius 2 is 1.97 bits per heavy atom. The van der Waals surface area contributed by atoms with Crippen LogP contribution in [0.2, 0.25) is 0 Å². The second-order valence-corrected chi connectivity index (χ2v) is 10.2.